The molecule has 0 spiro atoms. The fourth-order valence-corrected chi connectivity index (χ4v) is 2.46. The summed E-state index contributed by atoms with van der Waals surface area (Å²) in [4.78, 5) is 3.93. The van der Waals surface area contributed by atoms with Crippen LogP contribution in [0.15, 0.2) is 43.2 Å². The molecule has 0 amide bonds. The molecule has 0 aliphatic carbocycles. The van der Waals surface area contributed by atoms with Crippen molar-refractivity contribution in [1.82, 2.24) is 9.80 Å². The van der Waals surface area contributed by atoms with E-state index in [0.29, 0.717) is 13.2 Å². The lowest BCUT2D eigenvalue weighted by Crippen LogP contribution is -2.29. The molecule has 0 radical (unpaired) electrons. The van der Waals surface area contributed by atoms with E-state index in [9.17, 15) is 8.42 Å². The van der Waals surface area contributed by atoms with Crippen LogP contribution in [0.25, 0.3) is 6.08 Å². The molecule has 0 fully saturated rings. The summed E-state index contributed by atoms with van der Waals surface area (Å²) < 4.78 is 30.1. The third-order valence-corrected chi connectivity index (χ3v) is 3.79. The Bertz CT molecular complexity index is 593. The van der Waals surface area contributed by atoms with Crippen molar-refractivity contribution < 1.29 is 13.0 Å². The van der Waals surface area contributed by atoms with Crippen LogP contribution in [0, 0.1) is 0 Å². The fraction of sp³-hybridized carbons (Fsp3) is 0.286. The van der Waals surface area contributed by atoms with Gasteiger partial charge in [-0.1, -0.05) is 36.9 Å². The lowest BCUT2D eigenvalue weighted by molar-refractivity contribution is 0.267. The van der Waals surface area contributed by atoms with E-state index in [-0.39, 0.29) is 5.75 Å². The Morgan fingerprint density at radius 3 is 2.45 bits per heavy atom. The smallest absolute Gasteiger partial charge is 0.266 e. The molecule has 0 saturated carbocycles. The zero-order valence-electron chi connectivity index (χ0n) is 11.1. The van der Waals surface area contributed by atoms with Gasteiger partial charge in [0, 0.05) is 25.5 Å². The highest BCUT2D eigenvalue weighted by Crippen LogP contribution is 2.13. The highest BCUT2D eigenvalue weighted by molar-refractivity contribution is 7.85. The molecule has 1 aromatic carbocycles. The second kappa shape index (κ2) is 6.11. The molecule has 0 aromatic heterocycles. The van der Waals surface area contributed by atoms with Gasteiger partial charge in [-0.15, -0.1) is 0 Å². The van der Waals surface area contributed by atoms with Crippen LogP contribution in [0.4, 0.5) is 0 Å². The maximum Gasteiger partial charge on any atom is 0.266 e. The van der Waals surface area contributed by atoms with E-state index in [1.54, 1.807) is 6.08 Å². The molecular formula is C14H18N2O3S. The topological polar surface area (TPSA) is 60.9 Å². The van der Waals surface area contributed by atoms with Crippen molar-refractivity contribution in [3.63, 3.8) is 0 Å². The molecule has 1 heterocycles. The Kier molecular flexibility index (Phi) is 4.46. The SMILES string of the molecule is C=Cc1ccc(CN2C=CN(CCS(=O)(=O)O)C2)cc1. The van der Waals surface area contributed by atoms with Crippen LogP contribution in [0.3, 0.4) is 0 Å². The Labute approximate surface area is 119 Å². The molecule has 0 atom stereocenters. The molecule has 6 heteroatoms. The highest BCUT2D eigenvalue weighted by Gasteiger charge is 2.14. The van der Waals surface area contributed by atoms with Gasteiger partial charge in [-0.2, -0.15) is 8.42 Å². The summed E-state index contributed by atoms with van der Waals surface area (Å²) in [7, 11) is -3.90. The van der Waals surface area contributed by atoms with Crippen molar-refractivity contribution in [2.45, 2.75) is 6.54 Å². The number of benzene rings is 1. The summed E-state index contributed by atoms with van der Waals surface area (Å²) in [6.45, 7) is 5.39. The fourth-order valence-electron chi connectivity index (χ4n) is 1.99. The summed E-state index contributed by atoms with van der Waals surface area (Å²) >= 11 is 0. The molecule has 5 nitrogen and oxygen atoms in total. The first kappa shape index (κ1) is 14.6. The minimum Gasteiger partial charge on any atom is -0.357 e. The largest absolute Gasteiger partial charge is 0.357 e. The van der Waals surface area contributed by atoms with E-state index in [1.165, 1.54) is 5.56 Å². The van der Waals surface area contributed by atoms with E-state index in [0.717, 1.165) is 12.1 Å². The summed E-state index contributed by atoms with van der Waals surface area (Å²) in [5, 5.41) is 0. The molecule has 0 saturated heterocycles. The van der Waals surface area contributed by atoms with Crippen LogP contribution in [-0.4, -0.2) is 41.7 Å². The zero-order valence-corrected chi connectivity index (χ0v) is 12.0. The molecular weight excluding hydrogens is 276 g/mol. The first-order valence-corrected chi connectivity index (χ1v) is 7.90. The average molecular weight is 294 g/mol. The summed E-state index contributed by atoms with van der Waals surface area (Å²) in [6, 6.07) is 8.12. The Balaban J connectivity index is 1.84. The number of hydrogen-bond acceptors (Lipinski definition) is 4. The van der Waals surface area contributed by atoms with Gasteiger partial charge in [-0.25, -0.2) is 0 Å². The van der Waals surface area contributed by atoms with Gasteiger partial charge >= 0.3 is 0 Å². The Morgan fingerprint density at radius 2 is 1.85 bits per heavy atom. The number of rotatable bonds is 6. The molecule has 20 heavy (non-hydrogen) atoms. The van der Waals surface area contributed by atoms with Gasteiger partial charge in [0.25, 0.3) is 10.1 Å². The van der Waals surface area contributed by atoms with Crippen LogP contribution >= 0.6 is 0 Å². The normalized spacial score (nSPS) is 14.8. The van der Waals surface area contributed by atoms with Crippen molar-refractivity contribution in [3.05, 3.63) is 54.4 Å². The zero-order chi connectivity index (χ0) is 14.6. The van der Waals surface area contributed by atoms with Crippen LogP contribution in [0.5, 0.6) is 0 Å². The molecule has 2 rings (SSSR count). The second-order valence-corrected chi connectivity index (χ2v) is 6.30. The monoisotopic (exact) mass is 294 g/mol. The van der Waals surface area contributed by atoms with Crippen LogP contribution < -0.4 is 0 Å². The maximum atomic E-state index is 10.7. The minimum absolute atomic E-state index is 0.251. The van der Waals surface area contributed by atoms with Gasteiger partial charge in [0.2, 0.25) is 0 Å². The first-order chi connectivity index (χ1) is 9.46. The maximum absolute atomic E-state index is 10.7. The van der Waals surface area contributed by atoms with Gasteiger partial charge < -0.3 is 9.80 Å². The Morgan fingerprint density at radius 1 is 1.20 bits per heavy atom. The Hall–Kier alpha value is -1.79. The number of nitrogens with zero attached hydrogens (tertiary/aromatic N) is 2. The van der Waals surface area contributed by atoms with E-state index in [2.05, 4.69) is 11.5 Å². The predicted molar refractivity (Wildman–Crippen MR) is 79.2 cm³/mol. The van der Waals surface area contributed by atoms with Crippen LogP contribution in [0.1, 0.15) is 11.1 Å². The third kappa shape index (κ3) is 4.40. The molecule has 0 unspecified atom stereocenters. The summed E-state index contributed by atoms with van der Waals surface area (Å²) in [6.07, 6.45) is 5.56. The predicted octanol–water partition coefficient (Wildman–Crippen LogP) is 1.76. The second-order valence-electron chi connectivity index (χ2n) is 4.73. The quantitative estimate of drug-likeness (QED) is 0.810. The van der Waals surface area contributed by atoms with Crippen LogP contribution in [-0.2, 0) is 16.7 Å². The molecule has 1 N–H and O–H groups in total. The lowest BCUT2D eigenvalue weighted by Gasteiger charge is -2.21. The van der Waals surface area contributed by atoms with Gasteiger partial charge in [0.1, 0.15) is 0 Å². The number of hydrogen-bond donors (Lipinski definition) is 1. The van der Waals surface area contributed by atoms with Gasteiger partial charge in [-0.05, 0) is 11.1 Å². The minimum atomic E-state index is -3.90. The average Bonchev–Trinajstić information content (AvgIpc) is 2.84. The standard InChI is InChI=1S/C14H18N2O3S/c1-2-13-3-5-14(6-4-13)11-16-8-7-15(12-16)9-10-20(17,18)19/h2-8H,1,9-12H2,(H,17,18,19). The van der Waals surface area contributed by atoms with Crippen LogP contribution in [0.2, 0.25) is 0 Å². The van der Waals surface area contributed by atoms with Gasteiger partial charge in [-0.3, -0.25) is 4.55 Å². The van der Waals surface area contributed by atoms with Crippen molar-refractivity contribution in [2.24, 2.45) is 0 Å². The molecule has 1 aromatic rings. The van der Waals surface area contributed by atoms with Crippen molar-refractivity contribution in [1.29, 1.82) is 0 Å². The van der Waals surface area contributed by atoms with Gasteiger partial charge in [0.15, 0.2) is 0 Å². The first-order valence-electron chi connectivity index (χ1n) is 6.29. The lowest BCUT2D eigenvalue weighted by atomic mass is 10.1. The van der Waals surface area contributed by atoms with E-state index < -0.39 is 10.1 Å². The van der Waals surface area contributed by atoms with Crippen molar-refractivity contribution in [2.75, 3.05) is 19.0 Å². The third-order valence-electron chi connectivity index (χ3n) is 3.09. The summed E-state index contributed by atoms with van der Waals surface area (Å²) in [5.41, 5.74) is 2.26. The molecule has 1 aliphatic rings. The highest BCUT2D eigenvalue weighted by atomic mass is 32.2. The molecule has 1 aliphatic heterocycles. The van der Waals surface area contributed by atoms with Gasteiger partial charge in [0.05, 0.1) is 12.4 Å². The molecule has 108 valence electrons. The van der Waals surface area contributed by atoms with Crippen molar-refractivity contribution in [3.8, 4) is 0 Å². The molecule has 0 bridgehead atoms. The summed E-state index contributed by atoms with van der Waals surface area (Å²) in [5.74, 6) is -0.251. The van der Waals surface area contributed by atoms with E-state index in [1.807, 2.05) is 41.6 Å². The van der Waals surface area contributed by atoms with Crippen molar-refractivity contribution >= 4 is 16.2 Å². The van der Waals surface area contributed by atoms with E-state index in [4.69, 9.17) is 4.55 Å². The van der Waals surface area contributed by atoms with E-state index >= 15 is 0 Å².